The third-order valence-corrected chi connectivity index (χ3v) is 10.3. The summed E-state index contributed by atoms with van der Waals surface area (Å²) in [6, 6.07) is 12.2. The van der Waals surface area contributed by atoms with Gasteiger partial charge in [0.2, 0.25) is 11.8 Å². The number of aromatic amines is 1. The van der Waals surface area contributed by atoms with Crippen molar-refractivity contribution in [2.75, 3.05) is 26.1 Å². The molecule has 16 heteroatoms. The summed E-state index contributed by atoms with van der Waals surface area (Å²) in [6.45, 7) is 12.8. The quantitative estimate of drug-likeness (QED) is 0.0855. The number of halogens is 1. The van der Waals surface area contributed by atoms with Crippen LogP contribution in [-0.4, -0.2) is 74.3 Å². The van der Waals surface area contributed by atoms with Gasteiger partial charge in [-0.1, -0.05) is 38.4 Å². The molecule has 2 saturated carbocycles. The lowest BCUT2D eigenvalue weighted by molar-refractivity contribution is -0.140. The van der Waals surface area contributed by atoms with Gasteiger partial charge in [-0.05, 0) is 74.3 Å². The number of nitrogens with one attached hydrogen (secondary N) is 4. The van der Waals surface area contributed by atoms with Crippen LogP contribution in [-0.2, 0) is 19.6 Å². The van der Waals surface area contributed by atoms with E-state index in [2.05, 4.69) is 46.9 Å². The van der Waals surface area contributed by atoms with Crippen molar-refractivity contribution in [1.29, 1.82) is 0 Å². The molecule has 3 fully saturated rings. The van der Waals surface area contributed by atoms with E-state index in [4.69, 9.17) is 21.1 Å². The predicted octanol–water partition coefficient (Wildman–Crippen LogP) is 5.78. The lowest BCUT2D eigenvalue weighted by Crippen LogP contribution is -2.54. The Morgan fingerprint density at radius 2 is 1.69 bits per heavy atom. The topological polar surface area (TPSA) is 188 Å². The summed E-state index contributed by atoms with van der Waals surface area (Å²) in [5.74, 6) is 1.36. The fourth-order valence-electron chi connectivity index (χ4n) is 5.40. The minimum atomic E-state index is -3.37. The highest BCUT2D eigenvalue weighted by Crippen LogP contribution is 2.30. The highest BCUT2D eigenvalue weighted by molar-refractivity contribution is 7.90. The number of carbonyl (C=O) groups is 2. The number of carbonyl (C=O) groups excluding carboxylic acids is 2. The molecule has 2 atom stereocenters. The van der Waals surface area contributed by atoms with Crippen LogP contribution in [0.2, 0.25) is 5.02 Å². The number of H-pyrrole nitrogens is 1. The molecule has 1 saturated heterocycles. The second-order valence-electron chi connectivity index (χ2n) is 13.5. The number of anilines is 1. The fraction of sp³-hybridized carbons (Fsp3) is 0.447. The molecule has 1 unspecified atom stereocenters. The maximum atomic E-state index is 13.4. The van der Waals surface area contributed by atoms with Gasteiger partial charge in [0, 0.05) is 40.9 Å². The summed E-state index contributed by atoms with van der Waals surface area (Å²) in [5, 5.41) is 9.99. The number of benzene rings is 2. The largest absolute Gasteiger partial charge is 0.497 e. The molecule has 4 N–H and O–H groups in total. The van der Waals surface area contributed by atoms with Crippen molar-refractivity contribution in [2.24, 2.45) is 10.7 Å². The Kier molecular flexibility index (Phi) is 17.5. The third-order valence-electron chi connectivity index (χ3n) is 8.43. The van der Waals surface area contributed by atoms with Gasteiger partial charge in [-0.3, -0.25) is 14.4 Å². The van der Waals surface area contributed by atoms with E-state index in [0.29, 0.717) is 41.6 Å². The zero-order chi connectivity index (χ0) is 40.6. The molecule has 2 amide bonds. The summed E-state index contributed by atoms with van der Waals surface area (Å²) in [7, 11) is -0.185. The van der Waals surface area contributed by atoms with Crippen molar-refractivity contribution < 1.29 is 27.5 Å². The molecular weight excluding hydrogens is 736 g/mol. The van der Waals surface area contributed by atoms with Crippen LogP contribution in [0.15, 0.2) is 71.9 Å². The van der Waals surface area contributed by atoms with E-state index in [0.717, 1.165) is 42.5 Å². The molecule has 0 bridgehead atoms. The summed E-state index contributed by atoms with van der Waals surface area (Å²) < 4.78 is 31.6. The SMILES string of the molecule is C#C.C=C.COc1c[nH]c(=O)c2cc(Cl)ccc12.COc1cccc(NC(C(=O)N2CCC[C@H]2C(=O)NC2CC2)C(C)(C)C)c1.O=NNS(=O)(=O)C1CC1. The van der Waals surface area contributed by atoms with Gasteiger partial charge in [0.15, 0.2) is 0 Å². The minimum Gasteiger partial charge on any atom is -0.497 e. The van der Waals surface area contributed by atoms with Crippen molar-refractivity contribution in [1.82, 2.24) is 20.0 Å². The first-order valence-corrected chi connectivity index (χ1v) is 19.1. The standard InChI is InChI=1S/C21H31N3O3.C10H8ClNO2.C3H6N2O3S.C2H4.C2H2/c1-21(2,3)18(22-15-7-5-8-16(13-15)27-4)20(26)24-12-6-9-17(24)19(25)23-14-10-11-14;1-14-9-5-12-10(13)8-4-6(11)2-3-7(8)9;6-4-5-9(7,8)3-1-2-3;2*1-2/h5,7-8,13-14,17-18,22H,6,9-12H2,1-4H3,(H,23,25);2-5H,1H3,(H,12,13);3H,1-2H2,(H,5,6);1-2H2;1-2H/t17-,18?;;;;/m0..../s1. The molecule has 2 aromatic carbocycles. The Morgan fingerprint density at radius 1 is 1.02 bits per heavy atom. The Morgan fingerprint density at radius 3 is 2.24 bits per heavy atom. The number of amides is 2. The second kappa shape index (κ2) is 21.0. The van der Waals surface area contributed by atoms with Gasteiger partial charge in [0.05, 0.1) is 30.1 Å². The Bertz CT molecular complexity index is 1900. The van der Waals surface area contributed by atoms with Crippen molar-refractivity contribution in [2.45, 2.75) is 82.7 Å². The molecule has 294 valence electrons. The number of fused-ring (bicyclic) bond motifs is 1. The van der Waals surface area contributed by atoms with Gasteiger partial charge in [0.25, 0.3) is 15.6 Å². The molecule has 3 aromatic rings. The minimum absolute atomic E-state index is 0.00242. The monoisotopic (exact) mass is 786 g/mol. The summed E-state index contributed by atoms with van der Waals surface area (Å²) >= 11 is 5.79. The molecular formula is C38H51ClN6O8S. The molecule has 2 heterocycles. The van der Waals surface area contributed by atoms with Crippen LogP contribution in [0, 0.1) is 23.2 Å². The second-order valence-corrected chi connectivity index (χ2v) is 15.8. The zero-order valence-electron chi connectivity index (χ0n) is 31.4. The summed E-state index contributed by atoms with van der Waals surface area (Å²) in [6.07, 6.45) is 14.5. The Hall–Kier alpha value is -5.07. The molecule has 14 nitrogen and oxygen atoms in total. The van der Waals surface area contributed by atoms with Crippen molar-refractivity contribution in [3.8, 4) is 24.3 Å². The van der Waals surface area contributed by atoms with E-state index >= 15 is 0 Å². The van der Waals surface area contributed by atoms with E-state index in [1.54, 1.807) is 43.5 Å². The van der Waals surface area contributed by atoms with Gasteiger partial charge in [0.1, 0.15) is 23.6 Å². The van der Waals surface area contributed by atoms with Crippen LogP contribution in [0.4, 0.5) is 5.69 Å². The first-order valence-electron chi connectivity index (χ1n) is 17.2. The number of hydrogen-bond acceptors (Lipinski definition) is 10. The lowest BCUT2D eigenvalue weighted by atomic mass is 9.85. The van der Waals surface area contributed by atoms with E-state index in [1.165, 1.54) is 4.83 Å². The smallest absolute Gasteiger partial charge is 0.256 e. The molecule has 2 aliphatic carbocycles. The zero-order valence-corrected chi connectivity index (χ0v) is 33.0. The van der Waals surface area contributed by atoms with Gasteiger partial charge < -0.3 is 30.0 Å². The first kappa shape index (κ1) is 45.1. The number of aromatic nitrogens is 1. The molecule has 3 aliphatic rings. The molecule has 6 rings (SSSR count). The lowest BCUT2D eigenvalue weighted by Gasteiger charge is -2.36. The van der Waals surface area contributed by atoms with Crippen LogP contribution >= 0.6 is 11.6 Å². The van der Waals surface area contributed by atoms with Crippen molar-refractivity contribution >= 4 is 49.9 Å². The van der Waals surface area contributed by atoms with E-state index in [9.17, 15) is 27.7 Å². The number of methoxy groups -OCH3 is 2. The number of pyridine rings is 1. The average molecular weight is 787 g/mol. The van der Waals surface area contributed by atoms with Gasteiger partial charge in [-0.15, -0.1) is 30.9 Å². The third kappa shape index (κ3) is 13.1. The van der Waals surface area contributed by atoms with Crippen LogP contribution < -0.4 is 30.5 Å². The highest BCUT2D eigenvalue weighted by Gasteiger charge is 2.42. The van der Waals surface area contributed by atoms with Crippen LogP contribution in [0.1, 0.15) is 59.3 Å². The molecule has 0 radical (unpaired) electrons. The molecule has 1 aromatic heterocycles. The van der Waals surface area contributed by atoms with Gasteiger partial charge in [-0.25, -0.2) is 8.42 Å². The number of ether oxygens (including phenoxy) is 2. The number of rotatable bonds is 10. The van der Waals surface area contributed by atoms with Gasteiger partial charge >= 0.3 is 0 Å². The molecule has 1 aliphatic heterocycles. The van der Waals surface area contributed by atoms with Crippen LogP contribution in [0.25, 0.3) is 10.8 Å². The van der Waals surface area contributed by atoms with Crippen molar-refractivity contribution in [3.63, 3.8) is 0 Å². The van der Waals surface area contributed by atoms with E-state index in [-0.39, 0.29) is 34.1 Å². The Labute approximate surface area is 322 Å². The summed E-state index contributed by atoms with van der Waals surface area (Å²) in [5.41, 5.74) is 0.365. The number of nitrogens with zero attached hydrogens (tertiary/aromatic N) is 2. The van der Waals surface area contributed by atoms with E-state index in [1.807, 2.05) is 45.0 Å². The molecule has 0 spiro atoms. The average Bonchev–Trinajstić information content (AvgIpc) is 4.11. The predicted molar refractivity (Wildman–Crippen MR) is 214 cm³/mol. The number of nitroso groups, excluding NO2 is 1. The number of sulfonamides is 1. The number of likely N-dealkylation sites (tertiary alicyclic amines) is 1. The highest BCUT2D eigenvalue weighted by atomic mass is 35.5. The normalized spacial score (nSPS) is 16.4. The number of hydrogen-bond donors (Lipinski definition) is 4. The van der Waals surface area contributed by atoms with Crippen molar-refractivity contribution in [3.05, 3.63) is 82.1 Å². The molecule has 54 heavy (non-hydrogen) atoms. The van der Waals surface area contributed by atoms with Crippen LogP contribution in [0.3, 0.4) is 0 Å². The Balaban J connectivity index is 0.000000309. The maximum Gasteiger partial charge on any atom is 0.256 e. The number of terminal acetylenes is 1. The van der Waals surface area contributed by atoms with E-state index < -0.39 is 16.1 Å². The first-order chi connectivity index (χ1) is 25.7. The summed E-state index contributed by atoms with van der Waals surface area (Å²) in [4.78, 5) is 52.7. The maximum absolute atomic E-state index is 13.4. The fourth-order valence-corrected chi connectivity index (χ4v) is 6.58. The van der Waals surface area contributed by atoms with Crippen LogP contribution in [0.5, 0.6) is 11.5 Å². The van der Waals surface area contributed by atoms with Gasteiger partial charge in [-0.2, -0.15) is 4.83 Å².